The Morgan fingerprint density at radius 2 is 2.14 bits per heavy atom. The van der Waals surface area contributed by atoms with E-state index >= 15 is 0 Å². The lowest BCUT2D eigenvalue weighted by Gasteiger charge is -2.08. The van der Waals surface area contributed by atoms with Crippen LogP contribution in [0.2, 0.25) is 0 Å². The third kappa shape index (κ3) is 2.20. The second kappa shape index (κ2) is 4.37. The summed E-state index contributed by atoms with van der Waals surface area (Å²) in [5, 5.41) is 3.00. The lowest BCUT2D eigenvalue weighted by Crippen LogP contribution is -2.21. The summed E-state index contributed by atoms with van der Waals surface area (Å²) in [6.07, 6.45) is 0. The molecule has 1 aromatic rings. The molecule has 0 atom stereocenters. The van der Waals surface area contributed by atoms with Crippen LogP contribution in [-0.2, 0) is 6.54 Å². The largest absolute Gasteiger partial charge is 0.314 e. The normalized spacial score (nSPS) is 10.9. The van der Waals surface area contributed by atoms with Crippen molar-refractivity contribution < 1.29 is 0 Å². The van der Waals surface area contributed by atoms with E-state index < -0.39 is 0 Å². The van der Waals surface area contributed by atoms with E-state index in [0.29, 0.717) is 12.1 Å². The first-order chi connectivity index (χ1) is 6.56. The quantitative estimate of drug-likeness (QED) is 0.754. The van der Waals surface area contributed by atoms with E-state index in [9.17, 15) is 4.79 Å². The number of aromatic nitrogens is 2. The number of hydrogen-bond donors (Lipinski definition) is 2. The third-order valence-electron chi connectivity index (χ3n) is 2.16. The van der Waals surface area contributed by atoms with Crippen molar-refractivity contribution in [2.24, 2.45) is 0 Å². The standard InChI is InChI=1S/C10H17N3O/c1-6(2)9-12-8(5-11-4)7(3)10(14)13-9/h6,11H,5H2,1-4H3,(H,12,13,14). The summed E-state index contributed by atoms with van der Waals surface area (Å²) in [7, 11) is 1.84. The van der Waals surface area contributed by atoms with Gasteiger partial charge in [0.1, 0.15) is 5.82 Å². The molecule has 78 valence electrons. The van der Waals surface area contributed by atoms with Crippen LogP contribution in [0.4, 0.5) is 0 Å². The highest BCUT2D eigenvalue weighted by atomic mass is 16.1. The van der Waals surface area contributed by atoms with Crippen LogP contribution in [0, 0.1) is 6.92 Å². The van der Waals surface area contributed by atoms with E-state index in [1.165, 1.54) is 0 Å². The van der Waals surface area contributed by atoms with Gasteiger partial charge in [0.05, 0.1) is 5.69 Å². The second-order valence-corrected chi connectivity index (χ2v) is 3.71. The molecule has 2 N–H and O–H groups in total. The van der Waals surface area contributed by atoms with Crippen molar-refractivity contribution in [1.82, 2.24) is 15.3 Å². The van der Waals surface area contributed by atoms with Crippen LogP contribution in [-0.4, -0.2) is 17.0 Å². The average Bonchev–Trinajstić information content (AvgIpc) is 2.12. The van der Waals surface area contributed by atoms with Gasteiger partial charge in [-0.15, -0.1) is 0 Å². The molecule has 0 aliphatic heterocycles. The summed E-state index contributed by atoms with van der Waals surface area (Å²) in [6, 6.07) is 0. The van der Waals surface area contributed by atoms with Gasteiger partial charge in [-0.25, -0.2) is 4.98 Å². The van der Waals surface area contributed by atoms with Crippen LogP contribution in [0.15, 0.2) is 4.79 Å². The van der Waals surface area contributed by atoms with Gasteiger partial charge in [0.15, 0.2) is 0 Å². The van der Waals surface area contributed by atoms with Gasteiger partial charge in [0.2, 0.25) is 0 Å². The number of aromatic amines is 1. The van der Waals surface area contributed by atoms with E-state index in [4.69, 9.17) is 0 Å². The molecule has 0 saturated heterocycles. The van der Waals surface area contributed by atoms with Crippen molar-refractivity contribution in [3.8, 4) is 0 Å². The molecule has 4 heteroatoms. The third-order valence-corrected chi connectivity index (χ3v) is 2.16. The second-order valence-electron chi connectivity index (χ2n) is 3.71. The molecule has 0 saturated carbocycles. The van der Waals surface area contributed by atoms with E-state index in [1.807, 2.05) is 20.9 Å². The highest BCUT2D eigenvalue weighted by Gasteiger charge is 2.08. The minimum Gasteiger partial charge on any atom is -0.314 e. The lowest BCUT2D eigenvalue weighted by atomic mass is 10.2. The van der Waals surface area contributed by atoms with Crippen LogP contribution >= 0.6 is 0 Å². The number of H-pyrrole nitrogens is 1. The molecule has 0 bridgehead atoms. The van der Waals surface area contributed by atoms with E-state index in [0.717, 1.165) is 11.5 Å². The number of rotatable bonds is 3. The molecule has 0 aliphatic rings. The van der Waals surface area contributed by atoms with E-state index in [1.54, 1.807) is 6.92 Å². The molecule has 14 heavy (non-hydrogen) atoms. The minimum absolute atomic E-state index is 0.0334. The number of nitrogens with one attached hydrogen (secondary N) is 2. The summed E-state index contributed by atoms with van der Waals surface area (Å²) < 4.78 is 0. The maximum Gasteiger partial charge on any atom is 0.254 e. The van der Waals surface area contributed by atoms with Crippen LogP contribution in [0.1, 0.15) is 36.8 Å². The Hall–Kier alpha value is -1.16. The fourth-order valence-corrected chi connectivity index (χ4v) is 1.21. The fraction of sp³-hybridized carbons (Fsp3) is 0.600. The van der Waals surface area contributed by atoms with Crippen molar-refractivity contribution in [2.45, 2.75) is 33.2 Å². The van der Waals surface area contributed by atoms with Gasteiger partial charge < -0.3 is 10.3 Å². The van der Waals surface area contributed by atoms with Gasteiger partial charge in [-0.2, -0.15) is 0 Å². The summed E-state index contributed by atoms with van der Waals surface area (Å²) in [5.74, 6) is 1.00. The first-order valence-corrected chi connectivity index (χ1v) is 4.80. The summed E-state index contributed by atoms with van der Waals surface area (Å²) >= 11 is 0. The van der Waals surface area contributed by atoms with Crippen molar-refractivity contribution in [1.29, 1.82) is 0 Å². The molecule has 1 aromatic heterocycles. The smallest absolute Gasteiger partial charge is 0.254 e. The van der Waals surface area contributed by atoms with Crippen LogP contribution in [0.3, 0.4) is 0 Å². The lowest BCUT2D eigenvalue weighted by molar-refractivity contribution is 0.712. The molecule has 0 radical (unpaired) electrons. The molecule has 0 aliphatic carbocycles. The Kier molecular flexibility index (Phi) is 3.41. The fourth-order valence-electron chi connectivity index (χ4n) is 1.21. The van der Waals surface area contributed by atoms with Crippen molar-refractivity contribution >= 4 is 0 Å². The van der Waals surface area contributed by atoms with Gasteiger partial charge in [-0.3, -0.25) is 4.79 Å². The minimum atomic E-state index is -0.0334. The van der Waals surface area contributed by atoms with E-state index in [2.05, 4.69) is 15.3 Å². The zero-order chi connectivity index (χ0) is 10.7. The Balaban J connectivity index is 3.21. The van der Waals surface area contributed by atoms with Gasteiger partial charge in [-0.05, 0) is 14.0 Å². The zero-order valence-electron chi connectivity index (χ0n) is 9.14. The van der Waals surface area contributed by atoms with Crippen molar-refractivity contribution in [3.05, 3.63) is 27.4 Å². The summed E-state index contributed by atoms with van der Waals surface area (Å²) in [5.41, 5.74) is 1.50. The predicted molar refractivity (Wildman–Crippen MR) is 56.4 cm³/mol. The highest BCUT2D eigenvalue weighted by molar-refractivity contribution is 5.16. The van der Waals surface area contributed by atoms with E-state index in [-0.39, 0.29) is 11.5 Å². The maximum absolute atomic E-state index is 11.5. The molecule has 0 amide bonds. The van der Waals surface area contributed by atoms with Crippen LogP contribution in [0.25, 0.3) is 0 Å². The number of nitrogens with zero attached hydrogens (tertiary/aromatic N) is 1. The molecule has 0 aromatic carbocycles. The first-order valence-electron chi connectivity index (χ1n) is 4.80. The van der Waals surface area contributed by atoms with Crippen LogP contribution < -0.4 is 10.9 Å². The Morgan fingerprint density at radius 1 is 1.50 bits per heavy atom. The molecule has 0 spiro atoms. The monoisotopic (exact) mass is 195 g/mol. The van der Waals surface area contributed by atoms with Gasteiger partial charge in [-0.1, -0.05) is 13.8 Å². The Morgan fingerprint density at radius 3 is 2.64 bits per heavy atom. The van der Waals surface area contributed by atoms with Gasteiger partial charge in [0, 0.05) is 18.0 Å². The van der Waals surface area contributed by atoms with Gasteiger partial charge in [0.25, 0.3) is 5.56 Å². The topological polar surface area (TPSA) is 57.8 Å². The molecule has 4 nitrogen and oxygen atoms in total. The van der Waals surface area contributed by atoms with Crippen LogP contribution in [0.5, 0.6) is 0 Å². The molecule has 1 heterocycles. The average molecular weight is 195 g/mol. The Labute approximate surface area is 83.8 Å². The molecule has 0 fully saturated rings. The molecule has 1 rings (SSSR count). The van der Waals surface area contributed by atoms with Gasteiger partial charge >= 0.3 is 0 Å². The summed E-state index contributed by atoms with van der Waals surface area (Å²) in [6.45, 7) is 6.45. The highest BCUT2D eigenvalue weighted by Crippen LogP contribution is 2.08. The maximum atomic E-state index is 11.5. The Bertz CT molecular complexity index is 368. The van der Waals surface area contributed by atoms with Crippen molar-refractivity contribution in [2.75, 3.05) is 7.05 Å². The molecular formula is C10H17N3O. The summed E-state index contributed by atoms with van der Waals surface area (Å²) in [4.78, 5) is 18.7. The molecular weight excluding hydrogens is 178 g/mol. The zero-order valence-corrected chi connectivity index (χ0v) is 9.14. The first kappa shape index (κ1) is 10.9. The van der Waals surface area contributed by atoms with Crippen molar-refractivity contribution in [3.63, 3.8) is 0 Å². The number of hydrogen-bond acceptors (Lipinski definition) is 3. The SMILES string of the molecule is CNCc1nc(C(C)C)[nH]c(=O)c1C. The molecule has 0 unspecified atom stereocenters. The predicted octanol–water partition coefficient (Wildman–Crippen LogP) is 0.921.